The van der Waals surface area contributed by atoms with Crippen LogP contribution in [0, 0.1) is 0 Å². The molecule has 0 aliphatic rings. The number of aryl methyl sites for hydroxylation is 1. The van der Waals surface area contributed by atoms with Gasteiger partial charge in [0.15, 0.2) is 0 Å². The summed E-state index contributed by atoms with van der Waals surface area (Å²) in [6.07, 6.45) is 1.23. The molecule has 0 atom stereocenters. The number of esters is 1. The number of anilines is 1. The molecule has 0 aromatic heterocycles. The summed E-state index contributed by atoms with van der Waals surface area (Å²) < 4.78 is 4.95. The Labute approximate surface area is 95.0 Å². The standard InChI is InChI=1S/C12H17NO3/c1-2-16-12(15)11-6-5-10(13)8-9(11)4-3-7-14/h5-6,8,14H,2-4,7,13H2,1H3. The molecule has 0 bridgehead atoms. The van der Waals surface area contributed by atoms with Crippen LogP contribution in [-0.2, 0) is 11.2 Å². The summed E-state index contributed by atoms with van der Waals surface area (Å²) in [5.74, 6) is -0.338. The molecule has 0 amide bonds. The summed E-state index contributed by atoms with van der Waals surface area (Å²) >= 11 is 0. The first-order valence-electron chi connectivity index (χ1n) is 5.35. The molecule has 1 rings (SSSR count). The number of rotatable bonds is 5. The number of aliphatic hydroxyl groups excluding tert-OH is 1. The average molecular weight is 223 g/mol. The molecule has 1 aromatic carbocycles. The molecular weight excluding hydrogens is 206 g/mol. The van der Waals surface area contributed by atoms with E-state index in [1.54, 1.807) is 25.1 Å². The summed E-state index contributed by atoms with van der Waals surface area (Å²) in [6.45, 7) is 2.21. The smallest absolute Gasteiger partial charge is 0.338 e. The number of carbonyl (C=O) groups excluding carboxylic acids is 1. The van der Waals surface area contributed by atoms with Crippen LogP contribution in [0.3, 0.4) is 0 Å². The van der Waals surface area contributed by atoms with E-state index >= 15 is 0 Å². The number of nitrogens with two attached hydrogens (primary N) is 1. The van der Waals surface area contributed by atoms with Crippen molar-refractivity contribution in [2.24, 2.45) is 0 Å². The lowest BCUT2D eigenvalue weighted by Gasteiger charge is -2.09. The third-order valence-corrected chi connectivity index (χ3v) is 2.23. The molecule has 4 nitrogen and oxygen atoms in total. The number of benzene rings is 1. The lowest BCUT2D eigenvalue weighted by Crippen LogP contribution is -2.09. The molecular formula is C12H17NO3. The van der Waals surface area contributed by atoms with Gasteiger partial charge < -0.3 is 15.6 Å². The van der Waals surface area contributed by atoms with Crippen molar-refractivity contribution in [3.05, 3.63) is 29.3 Å². The fraction of sp³-hybridized carbons (Fsp3) is 0.417. The highest BCUT2D eigenvalue weighted by molar-refractivity contribution is 5.91. The highest BCUT2D eigenvalue weighted by Gasteiger charge is 2.12. The molecule has 0 aliphatic heterocycles. The average Bonchev–Trinajstić information content (AvgIpc) is 2.26. The summed E-state index contributed by atoms with van der Waals surface area (Å²) in [7, 11) is 0. The van der Waals surface area contributed by atoms with Crippen molar-refractivity contribution >= 4 is 11.7 Å². The van der Waals surface area contributed by atoms with Crippen LogP contribution in [0.1, 0.15) is 29.3 Å². The van der Waals surface area contributed by atoms with Gasteiger partial charge in [0.2, 0.25) is 0 Å². The van der Waals surface area contributed by atoms with E-state index in [-0.39, 0.29) is 12.6 Å². The van der Waals surface area contributed by atoms with E-state index in [4.69, 9.17) is 15.6 Å². The zero-order valence-electron chi connectivity index (χ0n) is 9.40. The minimum Gasteiger partial charge on any atom is -0.462 e. The van der Waals surface area contributed by atoms with E-state index in [2.05, 4.69) is 0 Å². The number of nitrogen functional groups attached to an aromatic ring is 1. The molecule has 0 heterocycles. The van der Waals surface area contributed by atoms with Gasteiger partial charge in [-0.1, -0.05) is 0 Å². The predicted molar refractivity (Wildman–Crippen MR) is 62.2 cm³/mol. The van der Waals surface area contributed by atoms with E-state index in [0.717, 1.165) is 5.56 Å². The SMILES string of the molecule is CCOC(=O)c1ccc(N)cc1CCCO. The topological polar surface area (TPSA) is 72.5 Å². The molecule has 0 saturated carbocycles. The first-order chi connectivity index (χ1) is 7.69. The zero-order valence-corrected chi connectivity index (χ0v) is 9.40. The maximum Gasteiger partial charge on any atom is 0.338 e. The van der Waals surface area contributed by atoms with E-state index in [9.17, 15) is 4.79 Å². The molecule has 0 saturated heterocycles. The summed E-state index contributed by atoms with van der Waals surface area (Å²) in [6, 6.07) is 5.09. The normalized spacial score (nSPS) is 10.1. The number of hydrogen-bond acceptors (Lipinski definition) is 4. The molecule has 1 aromatic rings. The lowest BCUT2D eigenvalue weighted by molar-refractivity contribution is 0.0525. The number of aliphatic hydroxyl groups is 1. The maximum atomic E-state index is 11.6. The van der Waals surface area contributed by atoms with Crippen molar-refractivity contribution in [2.45, 2.75) is 19.8 Å². The second-order valence-electron chi connectivity index (χ2n) is 3.46. The number of ether oxygens (including phenoxy) is 1. The van der Waals surface area contributed by atoms with Crippen LogP contribution < -0.4 is 5.73 Å². The Bertz CT molecular complexity index is 363. The Hall–Kier alpha value is -1.55. The van der Waals surface area contributed by atoms with Gasteiger partial charge in [0, 0.05) is 12.3 Å². The first-order valence-corrected chi connectivity index (χ1v) is 5.35. The van der Waals surface area contributed by atoms with Crippen LogP contribution in [0.4, 0.5) is 5.69 Å². The van der Waals surface area contributed by atoms with Crippen LogP contribution in [0.15, 0.2) is 18.2 Å². The van der Waals surface area contributed by atoms with Crippen LogP contribution in [0.5, 0.6) is 0 Å². The lowest BCUT2D eigenvalue weighted by atomic mass is 10.0. The molecule has 3 N–H and O–H groups in total. The second-order valence-corrected chi connectivity index (χ2v) is 3.46. The fourth-order valence-electron chi connectivity index (χ4n) is 1.50. The molecule has 88 valence electrons. The summed E-state index contributed by atoms with van der Waals surface area (Å²) in [4.78, 5) is 11.6. The Morgan fingerprint density at radius 1 is 1.50 bits per heavy atom. The van der Waals surface area contributed by atoms with Crippen molar-refractivity contribution in [2.75, 3.05) is 18.9 Å². The van der Waals surface area contributed by atoms with E-state index in [1.165, 1.54) is 0 Å². The Morgan fingerprint density at radius 3 is 2.88 bits per heavy atom. The van der Waals surface area contributed by atoms with Gasteiger partial charge in [0.1, 0.15) is 0 Å². The third kappa shape index (κ3) is 3.24. The molecule has 0 aliphatic carbocycles. The molecule has 0 fully saturated rings. The quantitative estimate of drug-likeness (QED) is 0.584. The summed E-state index contributed by atoms with van der Waals surface area (Å²) in [5, 5.41) is 8.78. The van der Waals surface area contributed by atoms with Crippen molar-refractivity contribution < 1.29 is 14.6 Å². The monoisotopic (exact) mass is 223 g/mol. The van der Waals surface area contributed by atoms with E-state index in [1.807, 2.05) is 0 Å². The van der Waals surface area contributed by atoms with Crippen molar-refractivity contribution in [1.29, 1.82) is 0 Å². The number of hydrogen-bond donors (Lipinski definition) is 2. The Balaban J connectivity index is 2.92. The van der Waals surface area contributed by atoms with Gasteiger partial charge in [-0.15, -0.1) is 0 Å². The zero-order chi connectivity index (χ0) is 12.0. The van der Waals surface area contributed by atoms with Gasteiger partial charge in [0.05, 0.1) is 12.2 Å². The van der Waals surface area contributed by atoms with Gasteiger partial charge in [-0.05, 0) is 43.5 Å². The first kappa shape index (κ1) is 12.5. The van der Waals surface area contributed by atoms with Gasteiger partial charge >= 0.3 is 5.97 Å². The molecule has 0 unspecified atom stereocenters. The van der Waals surface area contributed by atoms with Crippen LogP contribution in [0.2, 0.25) is 0 Å². The second kappa shape index (κ2) is 6.12. The highest BCUT2D eigenvalue weighted by Crippen LogP contribution is 2.16. The molecule has 0 radical (unpaired) electrons. The van der Waals surface area contributed by atoms with Crippen LogP contribution in [0.25, 0.3) is 0 Å². The van der Waals surface area contributed by atoms with Gasteiger partial charge in [-0.25, -0.2) is 4.79 Å². The highest BCUT2D eigenvalue weighted by atomic mass is 16.5. The molecule has 16 heavy (non-hydrogen) atoms. The van der Waals surface area contributed by atoms with Crippen molar-refractivity contribution in [3.8, 4) is 0 Å². The fourth-order valence-corrected chi connectivity index (χ4v) is 1.50. The Morgan fingerprint density at radius 2 is 2.25 bits per heavy atom. The molecule has 4 heteroatoms. The molecule has 0 spiro atoms. The maximum absolute atomic E-state index is 11.6. The van der Waals surface area contributed by atoms with Gasteiger partial charge in [-0.3, -0.25) is 0 Å². The van der Waals surface area contributed by atoms with Crippen LogP contribution >= 0.6 is 0 Å². The predicted octanol–water partition coefficient (Wildman–Crippen LogP) is 1.37. The van der Waals surface area contributed by atoms with E-state index < -0.39 is 0 Å². The summed E-state index contributed by atoms with van der Waals surface area (Å²) in [5.41, 5.74) is 7.63. The minimum absolute atomic E-state index is 0.0943. The van der Waals surface area contributed by atoms with Crippen molar-refractivity contribution in [1.82, 2.24) is 0 Å². The van der Waals surface area contributed by atoms with Gasteiger partial charge in [0.25, 0.3) is 0 Å². The Kier molecular flexibility index (Phi) is 4.79. The van der Waals surface area contributed by atoms with Gasteiger partial charge in [-0.2, -0.15) is 0 Å². The largest absolute Gasteiger partial charge is 0.462 e. The minimum atomic E-state index is -0.338. The van der Waals surface area contributed by atoms with Crippen molar-refractivity contribution in [3.63, 3.8) is 0 Å². The number of carbonyl (C=O) groups is 1. The van der Waals surface area contributed by atoms with E-state index in [0.29, 0.717) is 30.7 Å². The van der Waals surface area contributed by atoms with Crippen LogP contribution in [-0.4, -0.2) is 24.3 Å². The third-order valence-electron chi connectivity index (χ3n) is 2.23.